The molecule has 0 amide bonds. The van der Waals surface area contributed by atoms with Crippen molar-refractivity contribution in [3.8, 4) is 0 Å². The third kappa shape index (κ3) is 2.28. The van der Waals surface area contributed by atoms with Crippen molar-refractivity contribution >= 4 is 5.82 Å². The SMILES string of the molecule is Cc1cc(N2CCc3c(cnn3C(C)(C)C)C2)ncn1. The van der Waals surface area contributed by atoms with E-state index in [0.29, 0.717) is 0 Å². The lowest BCUT2D eigenvalue weighted by Crippen LogP contribution is -2.34. The molecule has 0 aromatic carbocycles. The highest BCUT2D eigenvalue weighted by atomic mass is 15.3. The number of fused-ring (bicyclic) bond motifs is 1. The molecule has 2 aromatic rings. The number of hydrogen-bond acceptors (Lipinski definition) is 4. The molecule has 5 nitrogen and oxygen atoms in total. The van der Waals surface area contributed by atoms with Crippen LogP contribution in [0.15, 0.2) is 18.6 Å². The highest BCUT2D eigenvalue weighted by Crippen LogP contribution is 2.26. The van der Waals surface area contributed by atoms with Gasteiger partial charge in [0, 0.05) is 42.5 Å². The summed E-state index contributed by atoms with van der Waals surface area (Å²) in [5.41, 5.74) is 3.72. The van der Waals surface area contributed by atoms with E-state index in [1.54, 1.807) is 6.33 Å². The Morgan fingerprint density at radius 2 is 2.00 bits per heavy atom. The van der Waals surface area contributed by atoms with Crippen LogP contribution in [0.1, 0.15) is 37.7 Å². The van der Waals surface area contributed by atoms with E-state index in [0.717, 1.165) is 31.0 Å². The van der Waals surface area contributed by atoms with Gasteiger partial charge in [-0.3, -0.25) is 4.68 Å². The van der Waals surface area contributed by atoms with Crippen LogP contribution in [0.2, 0.25) is 0 Å². The fourth-order valence-corrected chi connectivity index (χ4v) is 2.72. The summed E-state index contributed by atoms with van der Waals surface area (Å²) in [6.45, 7) is 10.4. The summed E-state index contributed by atoms with van der Waals surface area (Å²) in [7, 11) is 0. The third-order valence-electron chi connectivity index (χ3n) is 3.68. The van der Waals surface area contributed by atoms with Crippen molar-refractivity contribution in [3.05, 3.63) is 35.5 Å². The van der Waals surface area contributed by atoms with Gasteiger partial charge < -0.3 is 4.90 Å². The van der Waals surface area contributed by atoms with E-state index in [1.165, 1.54) is 11.3 Å². The summed E-state index contributed by atoms with van der Waals surface area (Å²) >= 11 is 0. The molecule has 0 unspecified atom stereocenters. The summed E-state index contributed by atoms with van der Waals surface area (Å²) < 4.78 is 2.16. The molecule has 0 saturated heterocycles. The third-order valence-corrected chi connectivity index (χ3v) is 3.68. The van der Waals surface area contributed by atoms with Crippen LogP contribution in [-0.4, -0.2) is 26.3 Å². The number of anilines is 1. The summed E-state index contributed by atoms with van der Waals surface area (Å²) in [4.78, 5) is 10.8. The maximum Gasteiger partial charge on any atom is 0.132 e. The molecule has 1 aliphatic rings. The topological polar surface area (TPSA) is 46.8 Å². The minimum Gasteiger partial charge on any atom is -0.352 e. The summed E-state index contributed by atoms with van der Waals surface area (Å²) in [6, 6.07) is 2.04. The summed E-state index contributed by atoms with van der Waals surface area (Å²) in [5.74, 6) is 1.01. The van der Waals surface area contributed by atoms with Gasteiger partial charge in [-0.2, -0.15) is 5.10 Å². The quantitative estimate of drug-likeness (QED) is 0.798. The Bertz CT molecular complexity index is 623. The normalized spacial score (nSPS) is 15.3. The molecule has 3 heterocycles. The van der Waals surface area contributed by atoms with Gasteiger partial charge in [-0.1, -0.05) is 0 Å². The standard InChI is InChI=1S/C15H21N5/c1-11-7-14(17-10-16-11)19-6-5-13-12(9-19)8-18-20(13)15(2,3)4/h7-8,10H,5-6,9H2,1-4H3. The zero-order valence-electron chi connectivity index (χ0n) is 12.6. The van der Waals surface area contributed by atoms with Crippen molar-refractivity contribution in [1.82, 2.24) is 19.7 Å². The zero-order chi connectivity index (χ0) is 14.3. The fraction of sp³-hybridized carbons (Fsp3) is 0.533. The van der Waals surface area contributed by atoms with Crippen molar-refractivity contribution < 1.29 is 0 Å². The number of hydrogen-bond donors (Lipinski definition) is 0. The van der Waals surface area contributed by atoms with Crippen molar-refractivity contribution in [3.63, 3.8) is 0 Å². The lowest BCUT2D eigenvalue weighted by molar-refractivity contribution is 0.341. The van der Waals surface area contributed by atoms with Gasteiger partial charge >= 0.3 is 0 Å². The van der Waals surface area contributed by atoms with E-state index in [2.05, 4.69) is 45.4 Å². The highest BCUT2D eigenvalue weighted by Gasteiger charge is 2.25. The lowest BCUT2D eigenvalue weighted by atomic mass is 10.0. The molecule has 1 aliphatic heterocycles. The van der Waals surface area contributed by atoms with E-state index >= 15 is 0 Å². The first kappa shape index (κ1) is 13.1. The average Bonchev–Trinajstić information content (AvgIpc) is 2.81. The first-order chi connectivity index (χ1) is 9.45. The fourth-order valence-electron chi connectivity index (χ4n) is 2.72. The first-order valence-corrected chi connectivity index (χ1v) is 7.05. The van der Waals surface area contributed by atoms with E-state index in [9.17, 15) is 0 Å². The second kappa shape index (κ2) is 4.58. The van der Waals surface area contributed by atoms with Gasteiger partial charge in [-0.15, -0.1) is 0 Å². The van der Waals surface area contributed by atoms with Crippen LogP contribution in [0, 0.1) is 6.92 Å². The lowest BCUT2D eigenvalue weighted by Gasteiger charge is -2.30. The Morgan fingerprint density at radius 1 is 1.20 bits per heavy atom. The first-order valence-electron chi connectivity index (χ1n) is 7.05. The van der Waals surface area contributed by atoms with Crippen LogP contribution in [0.4, 0.5) is 5.82 Å². The molecule has 0 atom stereocenters. The minimum atomic E-state index is 0.0429. The van der Waals surface area contributed by atoms with Crippen LogP contribution in [0.3, 0.4) is 0 Å². The molecule has 0 radical (unpaired) electrons. The monoisotopic (exact) mass is 271 g/mol. The minimum absolute atomic E-state index is 0.0429. The molecule has 0 N–H and O–H groups in total. The molecule has 0 aliphatic carbocycles. The molecule has 106 valence electrons. The maximum atomic E-state index is 4.57. The second-order valence-corrected chi connectivity index (χ2v) is 6.39. The Morgan fingerprint density at radius 3 is 2.70 bits per heavy atom. The van der Waals surface area contributed by atoms with Crippen molar-refractivity contribution in [2.24, 2.45) is 0 Å². The van der Waals surface area contributed by atoms with Gasteiger partial charge in [0.05, 0.1) is 11.7 Å². The number of aryl methyl sites for hydroxylation is 1. The molecule has 2 aromatic heterocycles. The van der Waals surface area contributed by atoms with Crippen LogP contribution < -0.4 is 4.90 Å². The van der Waals surface area contributed by atoms with Crippen molar-refractivity contribution in [2.45, 2.75) is 46.2 Å². The van der Waals surface area contributed by atoms with Gasteiger partial charge in [0.2, 0.25) is 0 Å². The van der Waals surface area contributed by atoms with Crippen LogP contribution in [0.5, 0.6) is 0 Å². The molecule has 0 fully saturated rings. The van der Waals surface area contributed by atoms with Gasteiger partial charge in [0.25, 0.3) is 0 Å². The maximum absolute atomic E-state index is 4.57. The molecule has 5 heteroatoms. The van der Waals surface area contributed by atoms with Crippen LogP contribution in [-0.2, 0) is 18.5 Å². The Kier molecular flexibility index (Phi) is 3.00. The predicted molar refractivity (Wildman–Crippen MR) is 78.7 cm³/mol. The number of aromatic nitrogens is 4. The van der Waals surface area contributed by atoms with E-state index in [1.807, 2.05) is 19.2 Å². The van der Waals surface area contributed by atoms with Gasteiger partial charge in [0.15, 0.2) is 0 Å². The van der Waals surface area contributed by atoms with Gasteiger partial charge in [-0.25, -0.2) is 9.97 Å². The van der Waals surface area contributed by atoms with Crippen LogP contribution >= 0.6 is 0 Å². The zero-order valence-corrected chi connectivity index (χ0v) is 12.6. The van der Waals surface area contributed by atoms with Crippen LogP contribution in [0.25, 0.3) is 0 Å². The second-order valence-electron chi connectivity index (χ2n) is 6.39. The molecule has 0 bridgehead atoms. The average molecular weight is 271 g/mol. The number of nitrogens with zero attached hydrogens (tertiary/aromatic N) is 5. The molecular weight excluding hydrogens is 250 g/mol. The van der Waals surface area contributed by atoms with Crippen molar-refractivity contribution in [2.75, 3.05) is 11.4 Å². The molecule has 3 rings (SSSR count). The van der Waals surface area contributed by atoms with Gasteiger partial charge in [-0.05, 0) is 27.7 Å². The van der Waals surface area contributed by atoms with E-state index in [-0.39, 0.29) is 5.54 Å². The molecule has 0 saturated carbocycles. The van der Waals surface area contributed by atoms with Crippen molar-refractivity contribution in [1.29, 1.82) is 0 Å². The Hall–Kier alpha value is -1.91. The largest absolute Gasteiger partial charge is 0.352 e. The molecule has 20 heavy (non-hydrogen) atoms. The highest BCUT2D eigenvalue weighted by molar-refractivity contribution is 5.42. The molecular formula is C15H21N5. The smallest absolute Gasteiger partial charge is 0.132 e. The van der Waals surface area contributed by atoms with Gasteiger partial charge in [0.1, 0.15) is 12.1 Å². The Balaban J connectivity index is 1.88. The van der Waals surface area contributed by atoms with E-state index in [4.69, 9.17) is 0 Å². The summed E-state index contributed by atoms with van der Waals surface area (Å²) in [5, 5.41) is 4.57. The summed E-state index contributed by atoms with van der Waals surface area (Å²) in [6.07, 6.45) is 4.65. The number of rotatable bonds is 1. The molecule has 0 spiro atoms. The predicted octanol–water partition coefficient (Wildman–Crippen LogP) is 2.30. The van der Waals surface area contributed by atoms with E-state index < -0.39 is 0 Å². The Labute approximate surface area is 119 Å².